The molecule has 1 aromatic carbocycles. The van der Waals surface area contributed by atoms with Crippen LogP contribution in [0.4, 0.5) is 4.39 Å². The highest BCUT2D eigenvalue weighted by molar-refractivity contribution is 7.89. The van der Waals surface area contributed by atoms with Crippen molar-refractivity contribution in [1.29, 1.82) is 0 Å². The maximum absolute atomic E-state index is 13.5. The molecule has 1 N–H and O–H groups in total. The number of rotatable bonds is 3. The Morgan fingerprint density at radius 3 is 2.29 bits per heavy atom. The molecule has 2 fully saturated rings. The third kappa shape index (κ3) is 3.75. The lowest BCUT2D eigenvalue weighted by molar-refractivity contribution is 0.179. The summed E-state index contributed by atoms with van der Waals surface area (Å²) in [5.74, 6) is -0.390. The van der Waals surface area contributed by atoms with E-state index < -0.39 is 10.0 Å². The van der Waals surface area contributed by atoms with E-state index in [1.807, 2.05) is 0 Å². The molecule has 0 aliphatic carbocycles. The van der Waals surface area contributed by atoms with Gasteiger partial charge in [0.25, 0.3) is 0 Å². The van der Waals surface area contributed by atoms with Gasteiger partial charge in [-0.3, -0.25) is 4.90 Å². The Balaban J connectivity index is 0.00000208. The highest BCUT2D eigenvalue weighted by Gasteiger charge is 2.36. The number of sulfonamides is 1. The number of aryl methyl sites for hydroxylation is 2. The van der Waals surface area contributed by atoms with Gasteiger partial charge in [0.05, 0.1) is 4.90 Å². The molecular formula is C16H25ClFN3O2S. The van der Waals surface area contributed by atoms with E-state index in [0.717, 1.165) is 32.6 Å². The van der Waals surface area contributed by atoms with Crippen molar-refractivity contribution in [2.75, 3.05) is 39.3 Å². The van der Waals surface area contributed by atoms with Gasteiger partial charge < -0.3 is 5.32 Å². The van der Waals surface area contributed by atoms with Crippen molar-refractivity contribution in [3.05, 3.63) is 29.1 Å². The molecule has 8 heteroatoms. The Labute approximate surface area is 149 Å². The molecular weight excluding hydrogens is 353 g/mol. The van der Waals surface area contributed by atoms with Crippen LogP contribution in [0.5, 0.6) is 0 Å². The van der Waals surface area contributed by atoms with Crippen molar-refractivity contribution >= 4 is 22.4 Å². The van der Waals surface area contributed by atoms with Crippen LogP contribution in [0, 0.1) is 19.7 Å². The summed E-state index contributed by atoms with van der Waals surface area (Å²) >= 11 is 0. The standard InChI is InChI=1S/C16H24FN3O2S.ClH/c1-12-9-14(17)10-13(2)16(12)23(21,22)20-6-3-15(11-20)19-7-4-18-5-8-19;/h9-10,15,18H,3-8,11H2,1-2H3;1H. The van der Waals surface area contributed by atoms with Crippen LogP contribution in [0.3, 0.4) is 0 Å². The number of halogens is 2. The fourth-order valence-electron chi connectivity index (χ4n) is 3.71. The van der Waals surface area contributed by atoms with E-state index in [-0.39, 0.29) is 29.2 Å². The molecule has 2 aliphatic heterocycles. The molecule has 1 aromatic rings. The maximum Gasteiger partial charge on any atom is 0.243 e. The maximum atomic E-state index is 13.5. The summed E-state index contributed by atoms with van der Waals surface area (Å²) in [6.07, 6.45) is 0.860. The average Bonchev–Trinajstić information content (AvgIpc) is 2.97. The lowest BCUT2D eigenvalue weighted by Crippen LogP contribution is -2.49. The molecule has 0 radical (unpaired) electrons. The molecule has 1 atom stereocenters. The second-order valence-electron chi connectivity index (χ2n) is 6.46. The predicted octanol–water partition coefficient (Wildman–Crippen LogP) is 1.53. The normalized spacial score (nSPS) is 23.2. The lowest BCUT2D eigenvalue weighted by Gasteiger charge is -2.32. The van der Waals surface area contributed by atoms with Crippen molar-refractivity contribution in [2.45, 2.75) is 31.2 Å². The number of hydrogen-bond acceptors (Lipinski definition) is 4. The fourth-order valence-corrected chi connectivity index (χ4v) is 5.61. The highest BCUT2D eigenvalue weighted by Crippen LogP contribution is 2.28. The van der Waals surface area contributed by atoms with E-state index in [9.17, 15) is 12.8 Å². The van der Waals surface area contributed by atoms with Gasteiger partial charge >= 0.3 is 0 Å². The molecule has 0 saturated carbocycles. The molecule has 0 bridgehead atoms. The van der Waals surface area contributed by atoms with Gasteiger partial charge in [0, 0.05) is 45.3 Å². The minimum Gasteiger partial charge on any atom is -0.314 e. The fraction of sp³-hybridized carbons (Fsp3) is 0.625. The quantitative estimate of drug-likeness (QED) is 0.868. The van der Waals surface area contributed by atoms with Gasteiger partial charge in [-0.1, -0.05) is 0 Å². The van der Waals surface area contributed by atoms with Crippen LogP contribution in [0.15, 0.2) is 17.0 Å². The van der Waals surface area contributed by atoms with Gasteiger partial charge in [0.15, 0.2) is 0 Å². The molecule has 2 saturated heterocycles. The van der Waals surface area contributed by atoms with Crippen molar-refractivity contribution in [1.82, 2.24) is 14.5 Å². The Hall–Kier alpha value is -0.730. The van der Waals surface area contributed by atoms with E-state index in [1.54, 1.807) is 18.2 Å². The first kappa shape index (κ1) is 19.6. The Morgan fingerprint density at radius 2 is 1.71 bits per heavy atom. The minimum atomic E-state index is -3.56. The van der Waals surface area contributed by atoms with Crippen molar-refractivity contribution in [2.24, 2.45) is 0 Å². The zero-order valence-electron chi connectivity index (χ0n) is 14.1. The summed E-state index contributed by atoms with van der Waals surface area (Å²) in [6.45, 7) is 8.23. The third-order valence-corrected chi connectivity index (χ3v) is 6.99. The minimum absolute atomic E-state index is 0. The van der Waals surface area contributed by atoms with Crippen LogP contribution in [-0.4, -0.2) is 62.9 Å². The first-order chi connectivity index (χ1) is 10.9. The van der Waals surface area contributed by atoms with Gasteiger partial charge in [-0.25, -0.2) is 12.8 Å². The van der Waals surface area contributed by atoms with Crippen LogP contribution in [0.25, 0.3) is 0 Å². The lowest BCUT2D eigenvalue weighted by atomic mass is 10.1. The number of nitrogens with zero attached hydrogens (tertiary/aromatic N) is 2. The van der Waals surface area contributed by atoms with Gasteiger partial charge in [-0.05, 0) is 43.5 Å². The molecule has 1 unspecified atom stereocenters. The Morgan fingerprint density at radius 1 is 1.12 bits per heavy atom. The van der Waals surface area contributed by atoms with Gasteiger partial charge in [-0.2, -0.15) is 4.31 Å². The largest absolute Gasteiger partial charge is 0.314 e. The Bertz CT molecular complexity index is 670. The molecule has 136 valence electrons. The summed E-state index contributed by atoms with van der Waals surface area (Å²) in [7, 11) is -3.56. The topological polar surface area (TPSA) is 52.7 Å². The summed E-state index contributed by atoms with van der Waals surface area (Å²) < 4.78 is 41.0. The molecule has 5 nitrogen and oxygen atoms in total. The molecule has 24 heavy (non-hydrogen) atoms. The molecule has 2 aliphatic rings. The number of benzene rings is 1. The van der Waals surface area contributed by atoms with Crippen LogP contribution in [0.1, 0.15) is 17.5 Å². The van der Waals surface area contributed by atoms with Crippen LogP contribution in [-0.2, 0) is 10.0 Å². The second kappa shape index (κ2) is 7.66. The zero-order chi connectivity index (χ0) is 16.6. The summed E-state index contributed by atoms with van der Waals surface area (Å²) in [6, 6.07) is 2.88. The summed E-state index contributed by atoms with van der Waals surface area (Å²) in [5, 5.41) is 3.32. The SMILES string of the molecule is Cc1cc(F)cc(C)c1S(=O)(=O)N1CCC(N2CCNCC2)C1.Cl. The number of nitrogens with one attached hydrogen (secondary N) is 1. The van der Waals surface area contributed by atoms with E-state index in [2.05, 4.69) is 10.2 Å². The van der Waals surface area contributed by atoms with Gasteiger partial charge in [-0.15, -0.1) is 12.4 Å². The zero-order valence-corrected chi connectivity index (χ0v) is 15.7. The van der Waals surface area contributed by atoms with E-state index in [1.165, 1.54) is 12.1 Å². The molecule has 3 rings (SSSR count). The molecule has 2 heterocycles. The molecule has 0 amide bonds. The van der Waals surface area contributed by atoms with Gasteiger partial charge in [0.2, 0.25) is 10.0 Å². The second-order valence-corrected chi connectivity index (χ2v) is 8.34. The number of hydrogen-bond donors (Lipinski definition) is 1. The summed E-state index contributed by atoms with van der Waals surface area (Å²) in [5.41, 5.74) is 0.959. The van der Waals surface area contributed by atoms with Crippen LogP contribution < -0.4 is 5.32 Å². The first-order valence-corrected chi connectivity index (χ1v) is 9.55. The Kier molecular flexibility index (Phi) is 6.25. The van der Waals surface area contributed by atoms with Crippen molar-refractivity contribution < 1.29 is 12.8 Å². The average molecular weight is 378 g/mol. The van der Waals surface area contributed by atoms with Crippen molar-refractivity contribution in [3.8, 4) is 0 Å². The van der Waals surface area contributed by atoms with E-state index in [4.69, 9.17) is 0 Å². The van der Waals surface area contributed by atoms with Crippen LogP contribution >= 0.6 is 12.4 Å². The molecule has 0 spiro atoms. The monoisotopic (exact) mass is 377 g/mol. The number of piperazine rings is 1. The van der Waals surface area contributed by atoms with Crippen molar-refractivity contribution in [3.63, 3.8) is 0 Å². The van der Waals surface area contributed by atoms with E-state index >= 15 is 0 Å². The smallest absolute Gasteiger partial charge is 0.243 e. The van der Waals surface area contributed by atoms with Gasteiger partial charge in [0.1, 0.15) is 5.82 Å². The van der Waals surface area contributed by atoms with E-state index in [0.29, 0.717) is 24.2 Å². The summed E-state index contributed by atoms with van der Waals surface area (Å²) in [4.78, 5) is 2.64. The molecule has 0 aromatic heterocycles. The first-order valence-electron chi connectivity index (χ1n) is 8.11. The predicted molar refractivity (Wildman–Crippen MR) is 94.7 cm³/mol. The highest BCUT2D eigenvalue weighted by atomic mass is 35.5. The van der Waals surface area contributed by atoms with Crippen LogP contribution in [0.2, 0.25) is 0 Å². The third-order valence-electron chi connectivity index (χ3n) is 4.82.